The quantitative estimate of drug-likeness (QED) is 0.334. The first-order valence-corrected chi connectivity index (χ1v) is 12.2. The van der Waals surface area contributed by atoms with E-state index in [4.69, 9.17) is 5.26 Å². The molecule has 11 nitrogen and oxygen atoms in total. The number of fused-ring (bicyclic) bond motifs is 1. The minimum absolute atomic E-state index is 0.0481. The van der Waals surface area contributed by atoms with Crippen LogP contribution in [-0.4, -0.2) is 69.7 Å². The summed E-state index contributed by atoms with van der Waals surface area (Å²) in [6.45, 7) is 2.80. The van der Waals surface area contributed by atoms with E-state index in [0.717, 1.165) is 18.4 Å². The number of nitrogens with one attached hydrogen (secondary N) is 3. The first-order valence-electron chi connectivity index (χ1n) is 12.2. The third-order valence-corrected chi connectivity index (χ3v) is 6.56. The first kappa shape index (κ1) is 26.8. The zero-order valence-electron chi connectivity index (χ0n) is 21.4. The van der Waals surface area contributed by atoms with Crippen LogP contribution in [0.4, 0.5) is 14.9 Å². The Kier molecular flexibility index (Phi) is 7.78. The lowest BCUT2D eigenvalue weighted by atomic mass is 9.80. The van der Waals surface area contributed by atoms with Gasteiger partial charge < -0.3 is 25.8 Å². The van der Waals surface area contributed by atoms with Crippen molar-refractivity contribution in [3.63, 3.8) is 0 Å². The van der Waals surface area contributed by atoms with Crippen LogP contribution in [0.15, 0.2) is 36.7 Å². The van der Waals surface area contributed by atoms with Gasteiger partial charge in [0.1, 0.15) is 12.2 Å². The Morgan fingerprint density at radius 1 is 1.29 bits per heavy atom. The highest BCUT2D eigenvalue weighted by molar-refractivity contribution is 6.00. The molecule has 1 atom stereocenters. The third kappa shape index (κ3) is 6.00. The Bertz CT molecular complexity index is 1370. The van der Waals surface area contributed by atoms with E-state index in [9.17, 15) is 19.1 Å². The number of rotatable bonds is 9. The highest BCUT2D eigenvalue weighted by atomic mass is 19.1. The minimum Gasteiger partial charge on any atom is -0.453 e. The Hall–Kier alpha value is -4.24. The number of alkyl halides is 1. The highest BCUT2D eigenvalue weighted by Gasteiger charge is 2.31. The van der Waals surface area contributed by atoms with Crippen molar-refractivity contribution in [2.24, 2.45) is 5.92 Å². The predicted molar refractivity (Wildman–Crippen MR) is 137 cm³/mol. The summed E-state index contributed by atoms with van der Waals surface area (Å²) in [5.74, 6) is -0.268. The molecule has 0 aromatic carbocycles. The van der Waals surface area contributed by atoms with Crippen molar-refractivity contribution in [3.05, 3.63) is 47.8 Å². The van der Waals surface area contributed by atoms with E-state index in [1.165, 1.54) is 33.4 Å². The van der Waals surface area contributed by atoms with Gasteiger partial charge in [0, 0.05) is 18.8 Å². The van der Waals surface area contributed by atoms with Gasteiger partial charge in [-0.15, -0.1) is 0 Å². The van der Waals surface area contributed by atoms with E-state index in [0.29, 0.717) is 29.2 Å². The molecule has 12 heteroatoms. The number of carbonyl (C=O) groups is 2. The molecule has 0 spiro atoms. The molecule has 0 unspecified atom stereocenters. The molecule has 4 rings (SSSR count). The molecule has 3 aromatic heterocycles. The summed E-state index contributed by atoms with van der Waals surface area (Å²) in [6, 6.07) is 9.21. The van der Waals surface area contributed by atoms with Crippen LogP contribution < -0.4 is 16.0 Å². The van der Waals surface area contributed by atoms with Gasteiger partial charge >= 0.3 is 6.09 Å². The number of aliphatic hydroxyl groups is 1. The number of amides is 2. The summed E-state index contributed by atoms with van der Waals surface area (Å²) < 4.78 is 20.5. The maximum atomic E-state index is 14.2. The summed E-state index contributed by atoms with van der Waals surface area (Å²) >= 11 is 0. The number of nitriles is 1. The smallest absolute Gasteiger partial charge is 0.406 e. The predicted octanol–water partition coefficient (Wildman–Crippen LogP) is 2.65. The molecule has 2 amide bonds. The Labute approximate surface area is 219 Å². The van der Waals surface area contributed by atoms with E-state index >= 15 is 0 Å². The lowest BCUT2D eigenvalue weighted by Gasteiger charge is -2.37. The molecular formula is C26H30FN7O4. The van der Waals surface area contributed by atoms with E-state index in [1.807, 2.05) is 12.1 Å². The van der Waals surface area contributed by atoms with Gasteiger partial charge in [0.25, 0.3) is 5.91 Å². The number of pyridine rings is 1. The van der Waals surface area contributed by atoms with Crippen molar-refractivity contribution in [2.75, 3.05) is 25.5 Å². The number of carbonyl (C=O) groups excluding carboxylic acids is 2. The largest absolute Gasteiger partial charge is 0.453 e. The maximum Gasteiger partial charge on any atom is 0.406 e. The van der Waals surface area contributed by atoms with Gasteiger partial charge in [-0.05, 0) is 56.9 Å². The van der Waals surface area contributed by atoms with Gasteiger partial charge in [0.05, 0.1) is 59.2 Å². The highest BCUT2D eigenvalue weighted by Crippen LogP contribution is 2.32. The van der Waals surface area contributed by atoms with Crippen molar-refractivity contribution in [3.8, 4) is 17.5 Å². The molecule has 0 radical (unpaired) electrons. The number of aromatic nitrogens is 3. The zero-order chi connectivity index (χ0) is 27.4. The summed E-state index contributed by atoms with van der Waals surface area (Å²) in [5, 5.41) is 31.9. The van der Waals surface area contributed by atoms with Crippen LogP contribution in [0, 0.1) is 17.2 Å². The molecule has 1 aliphatic rings. The van der Waals surface area contributed by atoms with Crippen LogP contribution in [0.1, 0.15) is 42.6 Å². The maximum absolute atomic E-state index is 14.2. The second kappa shape index (κ2) is 11.0. The van der Waals surface area contributed by atoms with Crippen LogP contribution in [0.2, 0.25) is 0 Å². The van der Waals surface area contributed by atoms with Crippen molar-refractivity contribution in [1.82, 2.24) is 25.2 Å². The summed E-state index contributed by atoms with van der Waals surface area (Å²) in [4.78, 5) is 28.8. The van der Waals surface area contributed by atoms with Gasteiger partial charge in [-0.2, -0.15) is 10.4 Å². The molecule has 0 saturated heterocycles. The van der Waals surface area contributed by atoms with Gasteiger partial charge in [-0.3, -0.25) is 9.78 Å². The second-order valence-electron chi connectivity index (χ2n) is 9.91. The molecule has 1 saturated carbocycles. The number of halogens is 1. The SMILES string of the molecule is COC(=O)NCC1CC(Nc2cc(-c3ccc4cc(C#N)cnn34)ncc2C(=O)NC[C@@H](F)C(C)(C)O)C1. The Morgan fingerprint density at radius 2 is 2.05 bits per heavy atom. The average molecular weight is 524 g/mol. The Balaban J connectivity index is 1.56. The van der Waals surface area contributed by atoms with Gasteiger partial charge in [0.15, 0.2) is 0 Å². The second-order valence-corrected chi connectivity index (χ2v) is 9.91. The van der Waals surface area contributed by atoms with E-state index in [-0.39, 0.29) is 24.1 Å². The average Bonchev–Trinajstić information content (AvgIpc) is 3.30. The summed E-state index contributed by atoms with van der Waals surface area (Å²) in [7, 11) is 1.31. The van der Waals surface area contributed by atoms with Crippen LogP contribution in [0.3, 0.4) is 0 Å². The number of nitrogens with zero attached hydrogens (tertiary/aromatic N) is 4. The van der Waals surface area contributed by atoms with Gasteiger partial charge in [-0.25, -0.2) is 13.7 Å². The fourth-order valence-electron chi connectivity index (χ4n) is 4.22. The molecule has 0 aliphatic heterocycles. The molecule has 200 valence electrons. The van der Waals surface area contributed by atoms with Gasteiger partial charge in [0.2, 0.25) is 0 Å². The van der Waals surface area contributed by atoms with Crippen molar-refractivity contribution in [2.45, 2.75) is 44.5 Å². The van der Waals surface area contributed by atoms with Crippen molar-refractivity contribution in [1.29, 1.82) is 5.26 Å². The molecule has 3 aromatic rings. The van der Waals surface area contributed by atoms with Crippen molar-refractivity contribution < 1.29 is 23.8 Å². The molecular weight excluding hydrogens is 493 g/mol. The van der Waals surface area contributed by atoms with Crippen LogP contribution in [-0.2, 0) is 4.74 Å². The molecule has 0 bridgehead atoms. The monoisotopic (exact) mass is 523 g/mol. The molecule has 3 heterocycles. The number of anilines is 1. The molecule has 1 aliphatic carbocycles. The number of alkyl carbamates (subject to hydrolysis) is 1. The molecule has 38 heavy (non-hydrogen) atoms. The van der Waals surface area contributed by atoms with Crippen molar-refractivity contribution >= 4 is 23.2 Å². The number of ether oxygens (including phenoxy) is 1. The Morgan fingerprint density at radius 3 is 2.74 bits per heavy atom. The number of hydrogen-bond donors (Lipinski definition) is 4. The van der Waals surface area contributed by atoms with E-state index in [1.54, 1.807) is 16.6 Å². The van der Waals surface area contributed by atoms with E-state index in [2.05, 4.69) is 36.8 Å². The lowest BCUT2D eigenvalue weighted by molar-refractivity contribution is -0.00177. The van der Waals surface area contributed by atoms with E-state index < -0.39 is 23.8 Å². The standard InChI is InChI=1S/C26H30FN7O4/c1-26(2,37)23(27)14-30-24(35)19-13-29-21(22-5-4-18-8-16(10-28)12-32-34(18)22)9-20(19)33-17-6-15(7-17)11-31-25(36)38-3/h4-5,8-9,12-13,15,17,23,37H,6-7,11,14H2,1-3H3,(H,29,33)(H,30,35)(H,31,36)/t15?,17?,23-/m1/s1. The number of hydrogen-bond acceptors (Lipinski definition) is 8. The normalized spacial score (nSPS) is 17.7. The van der Waals surface area contributed by atoms with Crippen LogP contribution in [0.5, 0.6) is 0 Å². The summed E-state index contributed by atoms with van der Waals surface area (Å²) in [6.07, 6.45) is 2.28. The fourth-order valence-corrected chi connectivity index (χ4v) is 4.22. The first-order chi connectivity index (χ1) is 18.1. The topological polar surface area (TPSA) is 154 Å². The summed E-state index contributed by atoms with van der Waals surface area (Å²) in [5.41, 5.74) is 1.51. The van der Waals surface area contributed by atoms with Crippen LogP contribution >= 0.6 is 0 Å². The lowest BCUT2D eigenvalue weighted by Crippen LogP contribution is -2.43. The third-order valence-electron chi connectivity index (χ3n) is 6.56. The minimum atomic E-state index is -1.65. The van der Waals surface area contributed by atoms with Crippen LogP contribution in [0.25, 0.3) is 16.9 Å². The number of methoxy groups -OCH3 is 1. The zero-order valence-corrected chi connectivity index (χ0v) is 21.4. The molecule has 1 fully saturated rings. The van der Waals surface area contributed by atoms with Gasteiger partial charge in [-0.1, -0.05) is 0 Å². The fraction of sp³-hybridized carbons (Fsp3) is 0.423. The molecule has 4 N–H and O–H groups in total.